The second-order valence-corrected chi connectivity index (χ2v) is 5.01. The summed E-state index contributed by atoms with van der Waals surface area (Å²) in [6.07, 6.45) is 0. The van der Waals surface area contributed by atoms with Crippen LogP contribution in [0.1, 0.15) is 41.4 Å². The first-order valence-corrected chi connectivity index (χ1v) is 7.21. The second kappa shape index (κ2) is 6.93. The van der Waals surface area contributed by atoms with Gasteiger partial charge < -0.3 is 10.1 Å². The van der Waals surface area contributed by atoms with Gasteiger partial charge in [-0.3, -0.25) is 4.79 Å². The summed E-state index contributed by atoms with van der Waals surface area (Å²) < 4.78 is 5.42. The predicted octanol–water partition coefficient (Wildman–Crippen LogP) is 3.88. The lowest BCUT2D eigenvalue weighted by Gasteiger charge is -2.16. The van der Waals surface area contributed by atoms with Crippen molar-refractivity contribution in [2.75, 3.05) is 6.61 Å². The maximum absolute atomic E-state index is 12.3. The number of hydrogen-bond acceptors (Lipinski definition) is 2. The molecule has 3 nitrogen and oxygen atoms in total. The van der Waals surface area contributed by atoms with Crippen molar-refractivity contribution >= 4 is 5.91 Å². The van der Waals surface area contributed by atoms with Crippen molar-refractivity contribution < 1.29 is 9.53 Å². The lowest BCUT2D eigenvalue weighted by atomic mass is 10.1. The Hall–Kier alpha value is -2.29. The summed E-state index contributed by atoms with van der Waals surface area (Å²) in [4.78, 5) is 12.3. The molecular weight excluding hydrogens is 262 g/mol. The number of aryl methyl sites for hydroxylation is 1. The van der Waals surface area contributed by atoms with Crippen LogP contribution in [0, 0.1) is 6.92 Å². The van der Waals surface area contributed by atoms with E-state index in [9.17, 15) is 4.79 Å². The molecule has 0 aliphatic rings. The van der Waals surface area contributed by atoms with Crippen LogP contribution in [0.2, 0.25) is 0 Å². The Morgan fingerprint density at radius 1 is 1.14 bits per heavy atom. The first-order valence-electron chi connectivity index (χ1n) is 7.21. The Morgan fingerprint density at radius 3 is 2.43 bits per heavy atom. The van der Waals surface area contributed by atoms with E-state index in [2.05, 4.69) is 5.32 Å². The Bertz CT molecular complexity index is 605. The van der Waals surface area contributed by atoms with Crippen molar-refractivity contribution in [3.05, 3.63) is 65.2 Å². The largest absolute Gasteiger partial charge is 0.494 e. The van der Waals surface area contributed by atoms with E-state index in [0.29, 0.717) is 6.61 Å². The van der Waals surface area contributed by atoms with Crippen molar-refractivity contribution in [2.45, 2.75) is 26.8 Å². The maximum atomic E-state index is 12.3. The first kappa shape index (κ1) is 15.1. The van der Waals surface area contributed by atoms with Gasteiger partial charge in [-0.05, 0) is 50.1 Å². The molecule has 110 valence electrons. The highest BCUT2D eigenvalue weighted by atomic mass is 16.5. The topological polar surface area (TPSA) is 38.3 Å². The van der Waals surface area contributed by atoms with Crippen LogP contribution in [0.3, 0.4) is 0 Å². The zero-order valence-electron chi connectivity index (χ0n) is 12.7. The molecule has 1 atom stereocenters. The van der Waals surface area contributed by atoms with Gasteiger partial charge in [-0.15, -0.1) is 0 Å². The van der Waals surface area contributed by atoms with Crippen molar-refractivity contribution in [1.82, 2.24) is 5.32 Å². The molecule has 0 spiro atoms. The van der Waals surface area contributed by atoms with Gasteiger partial charge in [0.2, 0.25) is 0 Å². The van der Waals surface area contributed by atoms with Gasteiger partial charge in [0.25, 0.3) is 5.91 Å². The summed E-state index contributed by atoms with van der Waals surface area (Å²) >= 11 is 0. The lowest BCUT2D eigenvalue weighted by molar-refractivity contribution is 0.0939. The van der Waals surface area contributed by atoms with Crippen LogP contribution in [-0.4, -0.2) is 12.5 Å². The number of hydrogen-bond donors (Lipinski definition) is 1. The van der Waals surface area contributed by atoms with E-state index in [1.165, 1.54) is 0 Å². The summed E-state index contributed by atoms with van der Waals surface area (Å²) in [6.45, 7) is 6.53. The molecule has 0 saturated heterocycles. The van der Waals surface area contributed by atoms with Crippen LogP contribution in [0.25, 0.3) is 0 Å². The summed E-state index contributed by atoms with van der Waals surface area (Å²) in [5.41, 5.74) is 2.75. The Balaban J connectivity index is 2.05. The van der Waals surface area contributed by atoms with Gasteiger partial charge in [-0.25, -0.2) is 0 Å². The fourth-order valence-corrected chi connectivity index (χ4v) is 2.20. The molecule has 3 heteroatoms. The fraction of sp³-hybridized carbons (Fsp3) is 0.278. The van der Waals surface area contributed by atoms with Crippen molar-refractivity contribution in [3.8, 4) is 5.75 Å². The zero-order valence-corrected chi connectivity index (χ0v) is 12.7. The van der Waals surface area contributed by atoms with Crippen LogP contribution in [0.5, 0.6) is 5.75 Å². The van der Waals surface area contributed by atoms with E-state index in [1.54, 1.807) is 0 Å². The molecule has 0 saturated carbocycles. The number of amides is 1. The Labute approximate surface area is 126 Å². The van der Waals surface area contributed by atoms with E-state index in [-0.39, 0.29) is 11.9 Å². The summed E-state index contributed by atoms with van der Waals surface area (Å²) in [5, 5.41) is 3.03. The van der Waals surface area contributed by atoms with Crippen LogP contribution in [0.15, 0.2) is 48.5 Å². The minimum Gasteiger partial charge on any atom is -0.494 e. The molecule has 0 aliphatic heterocycles. The number of carbonyl (C=O) groups is 1. The number of benzene rings is 2. The van der Waals surface area contributed by atoms with Gasteiger partial charge in [0, 0.05) is 5.56 Å². The molecule has 0 heterocycles. The predicted molar refractivity (Wildman–Crippen MR) is 84.7 cm³/mol. The molecule has 1 N–H and O–H groups in total. The normalized spacial score (nSPS) is 11.8. The monoisotopic (exact) mass is 283 g/mol. The third-order valence-corrected chi connectivity index (χ3v) is 3.43. The SMILES string of the molecule is CCOc1ccc([C@H](C)NC(=O)c2ccccc2C)cc1. The standard InChI is InChI=1S/C18H21NO2/c1-4-21-16-11-9-15(10-12-16)14(3)19-18(20)17-8-6-5-7-13(17)2/h5-12,14H,4H2,1-3H3,(H,19,20)/t14-/m0/s1. The second-order valence-electron chi connectivity index (χ2n) is 5.01. The van der Waals surface area contributed by atoms with Crippen LogP contribution >= 0.6 is 0 Å². The van der Waals surface area contributed by atoms with E-state index in [0.717, 1.165) is 22.4 Å². The molecule has 0 radical (unpaired) electrons. The van der Waals surface area contributed by atoms with E-state index >= 15 is 0 Å². The molecule has 0 aromatic heterocycles. The maximum Gasteiger partial charge on any atom is 0.252 e. The van der Waals surface area contributed by atoms with Gasteiger partial charge in [-0.2, -0.15) is 0 Å². The van der Waals surface area contributed by atoms with E-state index in [4.69, 9.17) is 4.74 Å². The zero-order chi connectivity index (χ0) is 15.2. The molecule has 2 aromatic carbocycles. The third-order valence-electron chi connectivity index (χ3n) is 3.43. The number of nitrogens with one attached hydrogen (secondary N) is 1. The van der Waals surface area contributed by atoms with Crippen molar-refractivity contribution in [2.24, 2.45) is 0 Å². The molecule has 21 heavy (non-hydrogen) atoms. The number of carbonyl (C=O) groups excluding carboxylic acids is 1. The highest BCUT2D eigenvalue weighted by Gasteiger charge is 2.12. The van der Waals surface area contributed by atoms with Gasteiger partial charge >= 0.3 is 0 Å². The summed E-state index contributed by atoms with van der Waals surface area (Å²) in [5.74, 6) is 0.799. The molecule has 2 aromatic rings. The highest BCUT2D eigenvalue weighted by molar-refractivity contribution is 5.95. The molecule has 0 unspecified atom stereocenters. The van der Waals surface area contributed by atoms with Gasteiger partial charge in [0.1, 0.15) is 5.75 Å². The average Bonchev–Trinajstić information content (AvgIpc) is 2.48. The van der Waals surface area contributed by atoms with Gasteiger partial charge in [0.05, 0.1) is 12.6 Å². The molecule has 1 amide bonds. The Morgan fingerprint density at radius 2 is 1.81 bits per heavy atom. The smallest absolute Gasteiger partial charge is 0.252 e. The molecule has 0 bridgehead atoms. The minimum atomic E-state index is -0.0483. The quantitative estimate of drug-likeness (QED) is 0.904. The molecule has 2 rings (SSSR count). The highest BCUT2D eigenvalue weighted by Crippen LogP contribution is 2.18. The lowest BCUT2D eigenvalue weighted by Crippen LogP contribution is -2.27. The molecule has 0 aliphatic carbocycles. The number of rotatable bonds is 5. The Kier molecular flexibility index (Phi) is 4.99. The average molecular weight is 283 g/mol. The molecule has 0 fully saturated rings. The third kappa shape index (κ3) is 3.85. The number of ether oxygens (including phenoxy) is 1. The summed E-state index contributed by atoms with van der Waals surface area (Å²) in [6, 6.07) is 15.4. The van der Waals surface area contributed by atoms with Crippen molar-refractivity contribution in [1.29, 1.82) is 0 Å². The molecular formula is C18H21NO2. The van der Waals surface area contributed by atoms with Gasteiger partial charge in [-0.1, -0.05) is 30.3 Å². The van der Waals surface area contributed by atoms with Gasteiger partial charge in [0.15, 0.2) is 0 Å². The van der Waals surface area contributed by atoms with Crippen LogP contribution in [-0.2, 0) is 0 Å². The van der Waals surface area contributed by atoms with Crippen LogP contribution < -0.4 is 10.1 Å². The van der Waals surface area contributed by atoms with E-state index in [1.807, 2.05) is 69.3 Å². The summed E-state index contributed by atoms with van der Waals surface area (Å²) in [7, 11) is 0. The van der Waals surface area contributed by atoms with Crippen molar-refractivity contribution in [3.63, 3.8) is 0 Å². The fourth-order valence-electron chi connectivity index (χ4n) is 2.20. The van der Waals surface area contributed by atoms with E-state index < -0.39 is 0 Å². The minimum absolute atomic E-state index is 0.0468. The van der Waals surface area contributed by atoms with Crippen LogP contribution in [0.4, 0.5) is 0 Å². The first-order chi connectivity index (χ1) is 10.1.